The molecule has 2 fully saturated rings. The third kappa shape index (κ3) is 6.64. The number of halogens is 2. The lowest BCUT2D eigenvalue weighted by Crippen LogP contribution is -2.49. The molecule has 2 aliphatic heterocycles. The average molecular weight is 566 g/mol. The summed E-state index contributed by atoms with van der Waals surface area (Å²) >= 11 is 8.29. The van der Waals surface area contributed by atoms with Crippen molar-refractivity contribution in [2.45, 2.75) is 26.2 Å². The van der Waals surface area contributed by atoms with Crippen LogP contribution in [0, 0.1) is 11.6 Å². The van der Waals surface area contributed by atoms with Crippen molar-refractivity contribution in [3.8, 4) is 11.1 Å². The first-order chi connectivity index (χ1) is 17.4. The molecule has 37 heavy (non-hydrogen) atoms. The molecular weight excluding hydrogens is 537 g/mol. The molecule has 0 spiro atoms. The van der Waals surface area contributed by atoms with Gasteiger partial charge in [0, 0.05) is 49.0 Å². The molecule has 2 aliphatic rings. The number of aliphatic carboxylic acids is 1. The van der Waals surface area contributed by atoms with Crippen LogP contribution in [0.4, 0.5) is 8.78 Å². The Morgan fingerprint density at radius 1 is 1.08 bits per heavy atom. The van der Waals surface area contributed by atoms with Gasteiger partial charge in [0.15, 0.2) is 11.6 Å². The minimum atomic E-state index is -0.894. The number of thiocarbonyl (C=S) groups is 1. The lowest BCUT2D eigenvalue weighted by atomic mass is 9.89. The fourth-order valence-electron chi connectivity index (χ4n) is 4.34. The van der Waals surface area contributed by atoms with Crippen LogP contribution in [0.25, 0.3) is 17.2 Å². The van der Waals surface area contributed by atoms with Crippen molar-refractivity contribution in [3.63, 3.8) is 0 Å². The van der Waals surface area contributed by atoms with Crippen molar-refractivity contribution in [2.24, 2.45) is 0 Å². The fraction of sp³-hybridized carbons (Fsp3) is 0.423. The first kappa shape index (κ1) is 27.8. The van der Waals surface area contributed by atoms with E-state index in [0.717, 1.165) is 34.5 Å². The van der Waals surface area contributed by atoms with E-state index in [-0.39, 0.29) is 17.9 Å². The van der Waals surface area contributed by atoms with E-state index < -0.39 is 17.6 Å². The molecule has 1 aromatic heterocycles. The Morgan fingerprint density at radius 3 is 2.38 bits per heavy atom. The monoisotopic (exact) mass is 565 g/mol. The van der Waals surface area contributed by atoms with Gasteiger partial charge in [-0.2, -0.15) is 0 Å². The molecule has 0 aliphatic carbocycles. The molecule has 2 aromatic rings. The van der Waals surface area contributed by atoms with Crippen LogP contribution in [0.15, 0.2) is 29.2 Å². The van der Waals surface area contributed by atoms with Crippen LogP contribution in [0.1, 0.15) is 30.5 Å². The minimum Gasteiger partial charge on any atom is -0.480 e. The highest BCUT2D eigenvalue weighted by molar-refractivity contribution is 8.26. The molecule has 1 aromatic carbocycles. The highest BCUT2D eigenvalue weighted by atomic mass is 32.2. The molecule has 0 bridgehead atoms. The third-order valence-corrected chi connectivity index (χ3v) is 9.16. The fourth-order valence-corrected chi connectivity index (χ4v) is 6.90. The van der Waals surface area contributed by atoms with E-state index in [9.17, 15) is 18.4 Å². The summed E-state index contributed by atoms with van der Waals surface area (Å²) in [6, 6.07) is 5.82. The van der Waals surface area contributed by atoms with Gasteiger partial charge < -0.3 is 5.11 Å². The summed E-state index contributed by atoms with van der Waals surface area (Å²) < 4.78 is 28.0. The van der Waals surface area contributed by atoms with Gasteiger partial charge in [0.2, 0.25) is 0 Å². The lowest BCUT2D eigenvalue weighted by molar-refractivity contribution is -0.138. The molecular formula is C26H29F2N3O3S3. The number of thioether (sulfide) groups is 1. The molecule has 1 amide bonds. The number of nitrogens with zero attached hydrogens (tertiary/aromatic N) is 3. The predicted octanol–water partition coefficient (Wildman–Crippen LogP) is 4.89. The Labute approximate surface area is 228 Å². The Hall–Kier alpha value is -2.18. The number of carbonyl (C=O) groups excluding carboxylic acids is 1. The standard InChI is InChI=1S/C26H29F2N3O3S3/c1-26(2,3)23-18(16-4-5-19(27)20(28)12-16)13-17(36-23)14-21-24(34)31(25(35)37-21)11-10-29-6-8-30(9-7-29)15-22(32)33/h4-5,12-14H,6-11,15H2,1-3H3,(H,32,33)/b21-14-. The normalized spacial score (nSPS) is 18.8. The second-order valence-electron chi connectivity index (χ2n) is 10.1. The molecule has 0 atom stereocenters. The summed E-state index contributed by atoms with van der Waals surface area (Å²) in [4.78, 5) is 32.2. The van der Waals surface area contributed by atoms with E-state index in [1.807, 2.05) is 17.0 Å². The Morgan fingerprint density at radius 2 is 1.76 bits per heavy atom. The van der Waals surface area contributed by atoms with E-state index in [1.165, 1.54) is 29.2 Å². The van der Waals surface area contributed by atoms with Crippen molar-refractivity contribution < 1.29 is 23.5 Å². The zero-order chi connectivity index (χ0) is 26.9. The molecule has 1 N–H and O–H groups in total. The number of amides is 1. The highest BCUT2D eigenvalue weighted by Crippen LogP contribution is 2.42. The van der Waals surface area contributed by atoms with Gasteiger partial charge in [-0.15, -0.1) is 11.3 Å². The van der Waals surface area contributed by atoms with Crippen molar-refractivity contribution in [1.29, 1.82) is 0 Å². The molecule has 6 nitrogen and oxygen atoms in total. The zero-order valence-corrected chi connectivity index (χ0v) is 23.4. The van der Waals surface area contributed by atoms with Gasteiger partial charge in [-0.1, -0.05) is 50.8 Å². The molecule has 4 rings (SSSR count). The molecule has 3 heterocycles. The minimum absolute atomic E-state index is 0.0464. The number of piperazine rings is 1. The summed E-state index contributed by atoms with van der Waals surface area (Å²) in [5.74, 6) is -2.74. The summed E-state index contributed by atoms with van der Waals surface area (Å²) in [7, 11) is 0. The van der Waals surface area contributed by atoms with Crippen LogP contribution in [-0.4, -0.2) is 81.8 Å². The van der Waals surface area contributed by atoms with Crippen LogP contribution in [0.2, 0.25) is 0 Å². The number of hydrogen-bond acceptors (Lipinski definition) is 7. The number of carboxylic acids is 1. The Balaban J connectivity index is 1.47. The SMILES string of the molecule is CC(C)(C)c1sc(/C=C2\SC(=S)N(CCN3CCN(CC(=O)O)CC3)C2=O)cc1-c1ccc(F)c(F)c1. The van der Waals surface area contributed by atoms with Gasteiger partial charge in [0.25, 0.3) is 5.91 Å². The Kier molecular flexibility index (Phi) is 8.49. The predicted molar refractivity (Wildman–Crippen MR) is 149 cm³/mol. The van der Waals surface area contributed by atoms with E-state index >= 15 is 0 Å². The first-order valence-corrected chi connectivity index (χ1v) is 14.0. The zero-order valence-electron chi connectivity index (χ0n) is 20.9. The molecule has 11 heteroatoms. The van der Waals surface area contributed by atoms with E-state index in [1.54, 1.807) is 11.0 Å². The van der Waals surface area contributed by atoms with Crippen molar-refractivity contribution in [2.75, 3.05) is 45.8 Å². The summed E-state index contributed by atoms with van der Waals surface area (Å²) in [5.41, 5.74) is 1.18. The third-order valence-electron chi connectivity index (χ3n) is 6.27. The molecule has 0 saturated carbocycles. The topological polar surface area (TPSA) is 64.1 Å². The van der Waals surface area contributed by atoms with E-state index in [0.29, 0.717) is 41.0 Å². The number of carbonyl (C=O) groups is 2. The average Bonchev–Trinajstić information content (AvgIpc) is 3.36. The number of carboxylic acid groups (broad SMARTS) is 1. The molecule has 2 saturated heterocycles. The first-order valence-electron chi connectivity index (χ1n) is 11.9. The quantitative estimate of drug-likeness (QED) is 0.379. The van der Waals surface area contributed by atoms with Crippen LogP contribution in [0.3, 0.4) is 0 Å². The lowest BCUT2D eigenvalue weighted by Gasteiger charge is -2.34. The summed E-state index contributed by atoms with van der Waals surface area (Å²) in [5, 5.41) is 8.95. The van der Waals surface area contributed by atoms with Gasteiger partial charge in [0.1, 0.15) is 4.32 Å². The van der Waals surface area contributed by atoms with Crippen LogP contribution >= 0.6 is 35.3 Å². The van der Waals surface area contributed by atoms with Crippen molar-refractivity contribution >= 4 is 57.6 Å². The molecule has 0 radical (unpaired) electrons. The van der Waals surface area contributed by atoms with Crippen molar-refractivity contribution in [3.05, 3.63) is 50.6 Å². The second-order valence-corrected chi connectivity index (χ2v) is 12.9. The van der Waals surface area contributed by atoms with E-state index in [4.69, 9.17) is 17.3 Å². The smallest absolute Gasteiger partial charge is 0.317 e. The van der Waals surface area contributed by atoms with Crippen LogP contribution in [-0.2, 0) is 15.0 Å². The highest BCUT2D eigenvalue weighted by Gasteiger charge is 2.33. The maximum Gasteiger partial charge on any atom is 0.317 e. The second kappa shape index (κ2) is 11.3. The molecule has 198 valence electrons. The van der Waals surface area contributed by atoms with Gasteiger partial charge in [-0.3, -0.25) is 24.3 Å². The van der Waals surface area contributed by atoms with E-state index in [2.05, 4.69) is 25.7 Å². The van der Waals surface area contributed by atoms with Crippen molar-refractivity contribution in [1.82, 2.24) is 14.7 Å². The Bertz CT molecular complexity index is 1250. The molecule has 0 unspecified atom stereocenters. The van der Waals surface area contributed by atoms with Gasteiger partial charge >= 0.3 is 5.97 Å². The van der Waals surface area contributed by atoms with Crippen LogP contribution < -0.4 is 0 Å². The van der Waals surface area contributed by atoms with Gasteiger partial charge in [0.05, 0.1) is 11.4 Å². The van der Waals surface area contributed by atoms with Gasteiger partial charge in [-0.05, 0) is 40.8 Å². The van der Waals surface area contributed by atoms with Crippen LogP contribution in [0.5, 0.6) is 0 Å². The van der Waals surface area contributed by atoms with Gasteiger partial charge in [-0.25, -0.2) is 8.78 Å². The maximum absolute atomic E-state index is 14.0. The number of thiophene rings is 1. The number of rotatable bonds is 7. The maximum atomic E-state index is 14.0. The summed E-state index contributed by atoms with van der Waals surface area (Å²) in [6.07, 6.45) is 1.83. The number of benzene rings is 1. The summed E-state index contributed by atoms with van der Waals surface area (Å²) in [6.45, 7) is 10.2. The number of hydrogen-bond donors (Lipinski definition) is 1. The largest absolute Gasteiger partial charge is 0.480 e.